The highest BCUT2D eigenvalue weighted by atomic mass is 32.1. The summed E-state index contributed by atoms with van der Waals surface area (Å²) in [6.45, 7) is 3.61. The van der Waals surface area contributed by atoms with E-state index in [1.54, 1.807) is 23.5 Å². The lowest BCUT2D eigenvalue weighted by atomic mass is 9.97. The van der Waals surface area contributed by atoms with Crippen LogP contribution in [0.15, 0.2) is 30.3 Å². The molecule has 22 heavy (non-hydrogen) atoms. The third kappa shape index (κ3) is 2.40. The summed E-state index contributed by atoms with van der Waals surface area (Å²) >= 11 is 1.79. The van der Waals surface area contributed by atoms with Crippen LogP contribution in [-0.4, -0.2) is 10.7 Å². The molecule has 1 aromatic carbocycles. The number of hydrogen-bond donors (Lipinski definition) is 0. The van der Waals surface area contributed by atoms with Crippen LogP contribution in [0.2, 0.25) is 0 Å². The van der Waals surface area contributed by atoms with Gasteiger partial charge in [-0.25, -0.2) is 4.39 Å². The molecule has 0 N–H and O–H groups in total. The first-order valence-electron chi connectivity index (χ1n) is 7.74. The third-order valence-electron chi connectivity index (χ3n) is 4.55. The molecule has 0 bridgehead atoms. The van der Waals surface area contributed by atoms with Gasteiger partial charge in [-0.2, -0.15) is 0 Å². The molecule has 2 aromatic rings. The van der Waals surface area contributed by atoms with Gasteiger partial charge >= 0.3 is 0 Å². The molecular weight excluding hydrogens is 297 g/mol. The number of benzene rings is 1. The largest absolute Gasteiger partial charge is 0.297 e. The zero-order valence-corrected chi connectivity index (χ0v) is 13.3. The number of nitrogens with zero attached hydrogens (tertiary/aromatic N) is 1. The summed E-state index contributed by atoms with van der Waals surface area (Å²) in [5.41, 5.74) is 1.83. The molecule has 0 spiro atoms. The van der Waals surface area contributed by atoms with Crippen molar-refractivity contribution in [2.75, 3.05) is 0 Å². The van der Waals surface area contributed by atoms with E-state index in [0.29, 0.717) is 5.56 Å². The summed E-state index contributed by atoms with van der Waals surface area (Å²) in [6.07, 6.45) is 1.91. The second-order valence-corrected chi connectivity index (χ2v) is 7.65. The molecule has 4 rings (SSSR count). The van der Waals surface area contributed by atoms with Crippen molar-refractivity contribution < 1.29 is 9.18 Å². The van der Waals surface area contributed by atoms with E-state index in [9.17, 15) is 9.18 Å². The van der Waals surface area contributed by atoms with Crippen molar-refractivity contribution in [2.24, 2.45) is 5.92 Å². The second kappa shape index (κ2) is 5.28. The van der Waals surface area contributed by atoms with Gasteiger partial charge < -0.3 is 0 Å². The van der Waals surface area contributed by atoms with E-state index in [2.05, 4.69) is 17.9 Å². The fraction of sp³-hybridized carbons (Fsp3) is 0.389. The summed E-state index contributed by atoms with van der Waals surface area (Å²) in [4.78, 5) is 17.5. The Labute approximate surface area is 133 Å². The van der Waals surface area contributed by atoms with Crippen molar-refractivity contribution in [1.29, 1.82) is 0 Å². The van der Waals surface area contributed by atoms with E-state index in [1.165, 1.54) is 21.4 Å². The van der Waals surface area contributed by atoms with Gasteiger partial charge in [0.25, 0.3) is 0 Å². The molecule has 1 aliphatic carbocycles. The Morgan fingerprint density at radius 2 is 2.09 bits per heavy atom. The Balaban J connectivity index is 1.68. The summed E-state index contributed by atoms with van der Waals surface area (Å²) in [5.74, 6) is 0.0508. The molecule has 1 saturated carbocycles. The van der Waals surface area contributed by atoms with Gasteiger partial charge in [0, 0.05) is 34.3 Å². The molecule has 4 heteroatoms. The number of carbonyl (C=O) groups excluding carboxylic acids is 1. The molecule has 0 saturated heterocycles. The molecule has 2 heterocycles. The van der Waals surface area contributed by atoms with Gasteiger partial charge in [0.15, 0.2) is 5.78 Å². The minimum atomic E-state index is -0.436. The summed E-state index contributed by atoms with van der Waals surface area (Å²) in [6, 6.07) is 8.48. The van der Waals surface area contributed by atoms with E-state index >= 15 is 0 Å². The van der Waals surface area contributed by atoms with Gasteiger partial charge in [-0.3, -0.25) is 9.69 Å². The molecule has 0 radical (unpaired) electrons. The van der Waals surface area contributed by atoms with Crippen molar-refractivity contribution in [2.45, 2.75) is 38.9 Å². The number of Topliss-reactive ketones (excluding diaryl/α,β-unsaturated/α-hetero) is 1. The van der Waals surface area contributed by atoms with Gasteiger partial charge in [-0.05, 0) is 37.5 Å². The number of halogens is 1. The van der Waals surface area contributed by atoms with Crippen molar-refractivity contribution in [1.82, 2.24) is 4.90 Å². The van der Waals surface area contributed by atoms with Gasteiger partial charge in [0.05, 0.1) is 6.04 Å². The molecule has 1 unspecified atom stereocenters. The lowest BCUT2D eigenvalue weighted by molar-refractivity contribution is -0.126. The van der Waals surface area contributed by atoms with Crippen LogP contribution in [0, 0.1) is 18.7 Å². The molecule has 1 aliphatic heterocycles. The van der Waals surface area contributed by atoms with Gasteiger partial charge in [-0.1, -0.05) is 18.2 Å². The second-order valence-electron chi connectivity index (χ2n) is 6.31. The molecular formula is C18H18FNOS. The zero-order valence-electron chi connectivity index (χ0n) is 12.5. The summed E-state index contributed by atoms with van der Waals surface area (Å²) in [7, 11) is 0. The molecule has 0 amide bonds. The highest BCUT2D eigenvalue weighted by Crippen LogP contribution is 2.42. The average Bonchev–Trinajstić information content (AvgIpc) is 3.18. The van der Waals surface area contributed by atoms with Crippen molar-refractivity contribution in [3.05, 3.63) is 57.0 Å². The SMILES string of the molecule is Cc1cc2c(s1)CN(C(C(=O)C1CC1)c1ccccc1F)C2. The third-order valence-corrected chi connectivity index (χ3v) is 5.63. The Hall–Kier alpha value is -1.52. The van der Waals surface area contributed by atoms with E-state index < -0.39 is 6.04 Å². The van der Waals surface area contributed by atoms with Gasteiger partial charge in [0.1, 0.15) is 5.82 Å². The van der Waals surface area contributed by atoms with E-state index in [0.717, 1.165) is 25.9 Å². The number of rotatable bonds is 4. The smallest absolute Gasteiger partial charge is 0.157 e. The maximum Gasteiger partial charge on any atom is 0.157 e. The standard InChI is InChI=1S/C18H18FNOS/c1-11-8-13-9-20(10-16(13)22-11)17(18(21)12-6-7-12)14-4-2-3-5-15(14)19/h2-5,8,12,17H,6-7,9-10H2,1H3. The molecule has 114 valence electrons. The Bertz CT molecular complexity index is 711. The molecule has 1 atom stereocenters. The summed E-state index contributed by atoms with van der Waals surface area (Å²) < 4.78 is 14.3. The summed E-state index contributed by atoms with van der Waals surface area (Å²) in [5, 5.41) is 0. The maximum atomic E-state index is 14.3. The van der Waals surface area contributed by atoms with Crippen LogP contribution in [0.1, 0.15) is 39.8 Å². The minimum absolute atomic E-state index is 0.130. The van der Waals surface area contributed by atoms with Crippen LogP contribution in [0.4, 0.5) is 4.39 Å². The lowest BCUT2D eigenvalue weighted by Gasteiger charge is -2.27. The predicted molar refractivity (Wildman–Crippen MR) is 85.2 cm³/mol. The fourth-order valence-electron chi connectivity index (χ4n) is 3.34. The van der Waals surface area contributed by atoms with Crippen LogP contribution >= 0.6 is 11.3 Å². The lowest BCUT2D eigenvalue weighted by Crippen LogP contribution is -2.31. The number of ketones is 1. The fourth-order valence-corrected chi connectivity index (χ4v) is 4.42. The maximum absolute atomic E-state index is 14.3. The highest BCUT2D eigenvalue weighted by Gasteiger charge is 2.41. The van der Waals surface area contributed by atoms with Gasteiger partial charge in [-0.15, -0.1) is 11.3 Å². The van der Waals surface area contributed by atoms with E-state index in [-0.39, 0.29) is 17.5 Å². The molecule has 1 fully saturated rings. The first kappa shape index (κ1) is 14.1. The van der Waals surface area contributed by atoms with Crippen LogP contribution in [0.5, 0.6) is 0 Å². The normalized spacial score (nSPS) is 19.2. The Morgan fingerprint density at radius 3 is 2.77 bits per heavy atom. The Morgan fingerprint density at radius 1 is 1.32 bits per heavy atom. The quantitative estimate of drug-likeness (QED) is 0.841. The predicted octanol–water partition coefficient (Wildman–Crippen LogP) is 4.23. The van der Waals surface area contributed by atoms with Crippen molar-refractivity contribution >= 4 is 17.1 Å². The minimum Gasteiger partial charge on any atom is -0.297 e. The molecule has 1 aromatic heterocycles. The molecule has 2 nitrogen and oxygen atoms in total. The highest BCUT2D eigenvalue weighted by molar-refractivity contribution is 7.12. The zero-order chi connectivity index (χ0) is 15.3. The van der Waals surface area contributed by atoms with Crippen LogP contribution < -0.4 is 0 Å². The Kier molecular flexibility index (Phi) is 3.39. The first-order valence-corrected chi connectivity index (χ1v) is 8.55. The monoisotopic (exact) mass is 315 g/mol. The molecule has 2 aliphatic rings. The number of thiophene rings is 1. The van der Waals surface area contributed by atoms with E-state index in [1.807, 2.05) is 6.07 Å². The number of hydrogen-bond acceptors (Lipinski definition) is 3. The van der Waals surface area contributed by atoms with Crippen LogP contribution in [0.3, 0.4) is 0 Å². The van der Waals surface area contributed by atoms with Crippen molar-refractivity contribution in [3.8, 4) is 0 Å². The first-order chi connectivity index (χ1) is 10.6. The van der Waals surface area contributed by atoms with Gasteiger partial charge in [0.2, 0.25) is 0 Å². The van der Waals surface area contributed by atoms with Crippen LogP contribution in [0.25, 0.3) is 0 Å². The van der Waals surface area contributed by atoms with Crippen molar-refractivity contribution in [3.63, 3.8) is 0 Å². The topological polar surface area (TPSA) is 20.3 Å². The number of fused-ring (bicyclic) bond motifs is 1. The number of carbonyl (C=O) groups is 1. The van der Waals surface area contributed by atoms with E-state index in [4.69, 9.17) is 0 Å². The van der Waals surface area contributed by atoms with Crippen LogP contribution in [-0.2, 0) is 17.9 Å². The number of aryl methyl sites for hydroxylation is 1. The average molecular weight is 315 g/mol.